The lowest BCUT2D eigenvalue weighted by Crippen LogP contribution is -2.41. The lowest BCUT2D eigenvalue weighted by atomic mass is 10.2. The summed E-state index contributed by atoms with van der Waals surface area (Å²) in [5, 5.41) is 12.2. The SMILES string of the molecule is CC(NCc1cc(O)cc(F)c1)C(=O)N(C)C. The van der Waals surface area contributed by atoms with E-state index in [1.165, 1.54) is 17.0 Å². The fourth-order valence-corrected chi connectivity index (χ4v) is 1.48. The van der Waals surface area contributed by atoms with E-state index in [1.807, 2.05) is 0 Å². The first kappa shape index (κ1) is 13.4. The zero-order valence-electron chi connectivity index (χ0n) is 10.2. The first-order valence-corrected chi connectivity index (χ1v) is 5.33. The van der Waals surface area contributed by atoms with E-state index in [4.69, 9.17) is 0 Å². The first-order chi connectivity index (χ1) is 7.90. The molecule has 0 aliphatic heterocycles. The predicted octanol–water partition coefficient (Wildman–Crippen LogP) is 1.10. The van der Waals surface area contributed by atoms with Crippen molar-refractivity contribution >= 4 is 5.91 Å². The summed E-state index contributed by atoms with van der Waals surface area (Å²) in [5.74, 6) is -0.660. The molecular formula is C12H17FN2O2. The van der Waals surface area contributed by atoms with Crippen LogP contribution < -0.4 is 5.32 Å². The fourth-order valence-electron chi connectivity index (χ4n) is 1.48. The predicted molar refractivity (Wildman–Crippen MR) is 63.1 cm³/mol. The van der Waals surface area contributed by atoms with Crippen LogP contribution >= 0.6 is 0 Å². The number of benzene rings is 1. The van der Waals surface area contributed by atoms with Gasteiger partial charge in [-0.1, -0.05) is 0 Å². The third kappa shape index (κ3) is 4.03. The van der Waals surface area contributed by atoms with Crippen LogP contribution in [0.4, 0.5) is 4.39 Å². The molecule has 0 spiro atoms. The minimum atomic E-state index is -0.492. The summed E-state index contributed by atoms with van der Waals surface area (Å²) in [4.78, 5) is 13.0. The Morgan fingerprint density at radius 2 is 2.12 bits per heavy atom. The highest BCUT2D eigenvalue weighted by atomic mass is 19.1. The van der Waals surface area contributed by atoms with E-state index in [0.29, 0.717) is 12.1 Å². The summed E-state index contributed by atoms with van der Waals surface area (Å²) < 4.78 is 13.0. The van der Waals surface area contributed by atoms with Crippen LogP contribution in [0.1, 0.15) is 12.5 Å². The van der Waals surface area contributed by atoms with E-state index < -0.39 is 5.82 Å². The number of carbonyl (C=O) groups is 1. The number of nitrogens with one attached hydrogen (secondary N) is 1. The van der Waals surface area contributed by atoms with Crippen LogP contribution in [0, 0.1) is 5.82 Å². The number of aromatic hydroxyl groups is 1. The van der Waals surface area contributed by atoms with Crippen molar-refractivity contribution in [2.24, 2.45) is 0 Å². The number of hydrogen-bond donors (Lipinski definition) is 2. The molecule has 1 aromatic carbocycles. The molecule has 1 unspecified atom stereocenters. The van der Waals surface area contributed by atoms with Crippen molar-refractivity contribution in [3.8, 4) is 5.75 Å². The Hall–Kier alpha value is -1.62. The van der Waals surface area contributed by atoms with Crippen LogP contribution in [-0.4, -0.2) is 36.1 Å². The third-order valence-corrected chi connectivity index (χ3v) is 2.37. The lowest BCUT2D eigenvalue weighted by Gasteiger charge is -2.18. The number of rotatable bonds is 4. The van der Waals surface area contributed by atoms with Crippen molar-refractivity contribution in [3.63, 3.8) is 0 Å². The maximum absolute atomic E-state index is 13.0. The zero-order chi connectivity index (χ0) is 13.0. The summed E-state index contributed by atoms with van der Waals surface area (Å²) in [6.45, 7) is 2.06. The van der Waals surface area contributed by atoms with Crippen LogP contribution in [0.15, 0.2) is 18.2 Å². The molecule has 94 valence electrons. The van der Waals surface area contributed by atoms with Gasteiger partial charge in [0.15, 0.2) is 0 Å². The van der Waals surface area contributed by atoms with Gasteiger partial charge in [-0.3, -0.25) is 4.79 Å². The highest BCUT2D eigenvalue weighted by molar-refractivity contribution is 5.80. The number of phenols is 1. The number of likely N-dealkylation sites (N-methyl/N-ethyl adjacent to an activating group) is 1. The Morgan fingerprint density at radius 3 is 2.65 bits per heavy atom. The van der Waals surface area contributed by atoms with Crippen LogP contribution in [0.3, 0.4) is 0 Å². The van der Waals surface area contributed by atoms with E-state index in [0.717, 1.165) is 6.07 Å². The second-order valence-corrected chi connectivity index (χ2v) is 4.15. The molecule has 1 atom stereocenters. The van der Waals surface area contributed by atoms with Gasteiger partial charge >= 0.3 is 0 Å². The minimum Gasteiger partial charge on any atom is -0.508 e. The van der Waals surface area contributed by atoms with Gasteiger partial charge in [0.1, 0.15) is 11.6 Å². The van der Waals surface area contributed by atoms with Crippen molar-refractivity contribution in [2.75, 3.05) is 14.1 Å². The number of nitrogens with zero attached hydrogens (tertiary/aromatic N) is 1. The Bertz CT molecular complexity index is 387. The quantitative estimate of drug-likeness (QED) is 0.828. The standard InChI is InChI=1S/C12H17FN2O2/c1-8(12(17)15(2)3)14-7-9-4-10(13)6-11(16)5-9/h4-6,8,14,16H,7H2,1-3H3. The van der Waals surface area contributed by atoms with Crippen molar-refractivity contribution in [3.05, 3.63) is 29.6 Å². The lowest BCUT2D eigenvalue weighted by molar-refractivity contribution is -0.130. The van der Waals surface area contributed by atoms with Crippen LogP contribution in [0.25, 0.3) is 0 Å². The molecule has 0 fully saturated rings. The average Bonchev–Trinajstić information content (AvgIpc) is 2.23. The first-order valence-electron chi connectivity index (χ1n) is 5.33. The van der Waals surface area contributed by atoms with E-state index in [1.54, 1.807) is 21.0 Å². The zero-order valence-corrected chi connectivity index (χ0v) is 10.2. The number of phenolic OH excluding ortho intramolecular Hbond substituents is 1. The fraction of sp³-hybridized carbons (Fsp3) is 0.417. The number of hydrogen-bond acceptors (Lipinski definition) is 3. The van der Waals surface area contributed by atoms with Gasteiger partial charge in [-0.15, -0.1) is 0 Å². The second-order valence-electron chi connectivity index (χ2n) is 4.15. The normalized spacial score (nSPS) is 12.2. The van der Waals surface area contributed by atoms with Crippen molar-refractivity contribution in [1.29, 1.82) is 0 Å². The molecule has 0 aliphatic rings. The molecule has 1 rings (SSSR count). The van der Waals surface area contributed by atoms with Gasteiger partial charge in [0.25, 0.3) is 0 Å². The molecule has 1 aromatic rings. The summed E-state index contributed by atoms with van der Waals surface area (Å²) in [5.41, 5.74) is 0.598. The average molecular weight is 240 g/mol. The molecule has 5 heteroatoms. The molecule has 2 N–H and O–H groups in total. The minimum absolute atomic E-state index is 0.0503. The van der Waals surface area contributed by atoms with Crippen LogP contribution in [0.2, 0.25) is 0 Å². The largest absolute Gasteiger partial charge is 0.508 e. The van der Waals surface area contributed by atoms with E-state index >= 15 is 0 Å². The molecule has 4 nitrogen and oxygen atoms in total. The van der Waals surface area contributed by atoms with E-state index in [-0.39, 0.29) is 17.7 Å². The van der Waals surface area contributed by atoms with Gasteiger partial charge in [0, 0.05) is 26.7 Å². The molecule has 0 aromatic heterocycles. The molecule has 0 radical (unpaired) electrons. The number of carbonyl (C=O) groups excluding carboxylic acids is 1. The van der Waals surface area contributed by atoms with Gasteiger partial charge in [-0.05, 0) is 24.6 Å². The summed E-state index contributed by atoms with van der Waals surface area (Å²) >= 11 is 0. The topological polar surface area (TPSA) is 52.6 Å². The van der Waals surface area contributed by atoms with Gasteiger partial charge < -0.3 is 15.3 Å². The molecule has 1 amide bonds. The molecule has 17 heavy (non-hydrogen) atoms. The van der Waals surface area contributed by atoms with Gasteiger partial charge in [-0.2, -0.15) is 0 Å². The Morgan fingerprint density at radius 1 is 1.47 bits per heavy atom. The molecular weight excluding hydrogens is 223 g/mol. The van der Waals surface area contributed by atoms with Gasteiger partial charge in [0.2, 0.25) is 5.91 Å². The van der Waals surface area contributed by atoms with E-state index in [9.17, 15) is 14.3 Å². The van der Waals surface area contributed by atoms with Crippen LogP contribution in [0.5, 0.6) is 5.75 Å². The second kappa shape index (κ2) is 5.63. The number of halogens is 1. The Labute approximate surface area is 100 Å². The highest BCUT2D eigenvalue weighted by Crippen LogP contribution is 2.14. The maximum Gasteiger partial charge on any atom is 0.238 e. The van der Waals surface area contributed by atoms with Crippen molar-refractivity contribution < 1.29 is 14.3 Å². The van der Waals surface area contributed by atoms with Gasteiger partial charge in [-0.25, -0.2) is 4.39 Å². The molecule has 0 saturated carbocycles. The molecule has 0 aliphatic carbocycles. The molecule has 0 heterocycles. The molecule has 0 bridgehead atoms. The Kier molecular flexibility index (Phi) is 4.45. The van der Waals surface area contributed by atoms with Gasteiger partial charge in [0.05, 0.1) is 6.04 Å². The molecule has 0 saturated heterocycles. The number of amides is 1. The summed E-state index contributed by atoms with van der Waals surface area (Å²) in [6.07, 6.45) is 0. The monoisotopic (exact) mass is 240 g/mol. The third-order valence-electron chi connectivity index (χ3n) is 2.37. The van der Waals surface area contributed by atoms with Crippen molar-refractivity contribution in [2.45, 2.75) is 19.5 Å². The highest BCUT2D eigenvalue weighted by Gasteiger charge is 2.13. The smallest absolute Gasteiger partial charge is 0.238 e. The van der Waals surface area contributed by atoms with Crippen LogP contribution in [-0.2, 0) is 11.3 Å². The maximum atomic E-state index is 13.0. The van der Waals surface area contributed by atoms with E-state index in [2.05, 4.69) is 5.32 Å². The van der Waals surface area contributed by atoms with Crippen molar-refractivity contribution in [1.82, 2.24) is 10.2 Å². The summed E-state index contributed by atoms with van der Waals surface area (Å²) in [6, 6.07) is 3.47. The Balaban J connectivity index is 2.58. The summed E-state index contributed by atoms with van der Waals surface area (Å²) in [7, 11) is 3.35.